The van der Waals surface area contributed by atoms with Gasteiger partial charge in [-0.1, -0.05) is 0 Å². The zero-order chi connectivity index (χ0) is 12.2. The number of likely N-dealkylation sites (tertiary alicyclic amines) is 1. The summed E-state index contributed by atoms with van der Waals surface area (Å²) in [7, 11) is 35.3. The van der Waals surface area contributed by atoms with E-state index in [0.717, 1.165) is 0 Å². The molecule has 0 aromatic heterocycles. The summed E-state index contributed by atoms with van der Waals surface area (Å²) in [4.78, 5) is 1.74. The van der Waals surface area contributed by atoms with Crippen molar-refractivity contribution in [1.82, 2.24) is 4.90 Å². The second-order valence-corrected chi connectivity index (χ2v) is 5.33. The lowest BCUT2D eigenvalue weighted by Crippen LogP contribution is -2.51. The Morgan fingerprint density at radius 1 is 0.867 bits per heavy atom. The molecule has 12 radical (unpaired) electrons. The van der Waals surface area contributed by atoms with Crippen LogP contribution >= 0.6 is 0 Å². The Morgan fingerprint density at radius 3 is 1.27 bits per heavy atom. The average molecular weight is 186 g/mol. The highest BCUT2D eigenvalue weighted by atomic mass is 15.3. The van der Waals surface area contributed by atoms with E-state index in [9.17, 15) is 0 Å². The van der Waals surface area contributed by atoms with Crippen LogP contribution in [-0.2, 0) is 0 Å². The van der Waals surface area contributed by atoms with Gasteiger partial charge in [0.1, 0.15) is 0 Å². The third-order valence-electron chi connectivity index (χ3n) is 3.10. The Hall–Kier alpha value is 0.350. The van der Waals surface area contributed by atoms with Gasteiger partial charge < -0.3 is 4.90 Å². The molecular weight excluding hydrogens is 175 g/mol. The molecule has 2 atom stereocenters. The van der Waals surface area contributed by atoms with Crippen molar-refractivity contribution in [3.63, 3.8) is 0 Å². The van der Waals surface area contributed by atoms with E-state index in [1.54, 1.807) is 4.90 Å². The fourth-order valence-electron chi connectivity index (χ4n) is 1.98. The van der Waals surface area contributed by atoms with Gasteiger partial charge in [0.25, 0.3) is 0 Å². The maximum absolute atomic E-state index is 5.94. The number of hydrogen-bond acceptors (Lipinski definition) is 1. The molecule has 66 valence electrons. The predicted octanol–water partition coefficient (Wildman–Crippen LogP) is -1.00. The number of hydrogen-bond donors (Lipinski definition) is 0. The molecule has 1 rings (SSSR count). The molecule has 1 heterocycles. The largest absolute Gasteiger partial charge is 0.312 e. The van der Waals surface area contributed by atoms with Gasteiger partial charge in [0.2, 0.25) is 0 Å². The van der Waals surface area contributed by atoms with Crippen molar-refractivity contribution in [3.8, 4) is 0 Å². The molecule has 7 heteroatoms. The minimum Gasteiger partial charge on any atom is -0.312 e. The third kappa shape index (κ3) is 1.75. The lowest BCUT2D eigenvalue weighted by Gasteiger charge is -2.42. The molecule has 0 spiro atoms. The first-order valence-corrected chi connectivity index (χ1v) is 4.89. The number of nitrogens with zero attached hydrogens (tertiary/aromatic N) is 1. The monoisotopic (exact) mass is 187 g/mol. The molecule has 2 unspecified atom stereocenters. The highest BCUT2D eigenvalue weighted by Crippen LogP contribution is 2.56. The molecule has 1 fully saturated rings. The molecule has 0 aromatic carbocycles. The molecule has 0 aromatic rings. The number of rotatable bonds is 0. The van der Waals surface area contributed by atoms with Gasteiger partial charge in [-0.2, -0.15) is 0 Å². The molecule has 1 nitrogen and oxygen atoms in total. The molecule has 0 bridgehead atoms. The van der Waals surface area contributed by atoms with Crippen LogP contribution < -0.4 is 0 Å². The van der Waals surface area contributed by atoms with Crippen LogP contribution in [0, 0.1) is 0 Å². The minimum atomic E-state index is -1.42. The van der Waals surface area contributed by atoms with Crippen LogP contribution in [-0.4, -0.2) is 69.4 Å². The van der Waals surface area contributed by atoms with Gasteiger partial charge in [0.15, 0.2) is 0 Å². The molecule has 0 aliphatic carbocycles. The van der Waals surface area contributed by atoms with Gasteiger partial charge in [0, 0.05) is 5.54 Å². The van der Waals surface area contributed by atoms with Gasteiger partial charge in [-0.05, 0) is 32.7 Å². The van der Waals surface area contributed by atoms with Crippen molar-refractivity contribution in [1.29, 1.82) is 0 Å². The van der Waals surface area contributed by atoms with Crippen molar-refractivity contribution in [2.75, 3.05) is 0 Å². The quantitative estimate of drug-likeness (QED) is 0.438. The summed E-state index contributed by atoms with van der Waals surface area (Å²) in [6.45, 7) is 5.85. The summed E-state index contributed by atoms with van der Waals surface area (Å²) in [6, 6.07) is 0. The Kier molecular flexibility index (Phi) is 3.06. The average Bonchev–Trinajstić information content (AvgIpc) is 2.10. The summed E-state index contributed by atoms with van der Waals surface area (Å²) in [5, 5.41) is -2.83. The summed E-state index contributed by atoms with van der Waals surface area (Å²) >= 11 is 0. The minimum absolute atomic E-state index is 0.302. The highest BCUT2D eigenvalue weighted by molar-refractivity contribution is 6.58. The van der Waals surface area contributed by atoms with Gasteiger partial charge in [-0.25, -0.2) is 0 Å². The van der Waals surface area contributed by atoms with Crippen molar-refractivity contribution in [3.05, 3.63) is 0 Å². The van der Waals surface area contributed by atoms with E-state index in [-0.39, 0.29) is 5.54 Å². The van der Waals surface area contributed by atoms with Crippen LogP contribution in [0.5, 0.6) is 0 Å². The predicted molar refractivity (Wildman–Crippen MR) is 69.1 cm³/mol. The lowest BCUT2D eigenvalue weighted by atomic mass is 9.26. The first kappa shape index (κ1) is 13.4. The molecule has 15 heavy (non-hydrogen) atoms. The van der Waals surface area contributed by atoms with Crippen LogP contribution in [0.3, 0.4) is 0 Å². The SMILES string of the molecule is [B]C1N(C(C)(C)C)C([B])C([B])([B])C1([B])[B]. The van der Waals surface area contributed by atoms with Crippen LogP contribution in [0.1, 0.15) is 20.8 Å². The fourth-order valence-corrected chi connectivity index (χ4v) is 1.98. The Balaban J connectivity index is 3.18. The van der Waals surface area contributed by atoms with Gasteiger partial charge in [-0.3, -0.25) is 0 Å². The van der Waals surface area contributed by atoms with Crippen molar-refractivity contribution < 1.29 is 0 Å². The van der Waals surface area contributed by atoms with E-state index < -0.39 is 22.3 Å². The maximum Gasteiger partial charge on any atom is 0.0897 e. The molecule has 1 saturated heterocycles. The van der Waals surface area contributed by atoms with Crippen molar-refractivity contribution in [2.45, 2.75) is 48.6 Å². The Bertz CT molecular complexity index is 238. The van der Waals surface area contributed by atoms with E-state index in [1.807, 2.05) is 20.8 Å². The van der Waals surface area contributed by atoms with E-state index in [4.69, 9.17) is 47.1 Å². The van der Waals surface area contributed by atoms with Gasteiger partial charge >= 0.3 is 0 Å². The second kappa shape index (κ2) is 3.42. The second-order valence-electron chi connectivity index (χ2n) is 5.33. The van der Waals surface area contributed by atoms with Gasteiger partial charge in [-0.15, -0.1) is 10.4 Å². The smallest absolute Gasteiger partial charge is 0.0897 e. The third-order valence-corrected chi connectivity index (χ3v) is 3.10. The highest BCUT2D eigenvalue weighted by Gasteiger charge is 2.54. The molecule has 1 aliphatic rings. The fraction of sp³-hybridized carbons (Fsp3) is 1.00. The standard InChI is InChI=1S/C8H11B6N/c1-6(2,3)15-4(9)7(11,12)8(13,14)5(15)10/h4-5H,1-3H3. The zero-order valence-corrected chi connectivity index (χ0v) is 9.57. The van der Waals surface area contributed by atoms with Crippen LogP contribution in [0.2, 0.25) is 10.4 Å². The maximum atomic E-state index is 5.94. The molecule has 0 saturated carbocycles. The first-order chi connectivity index (χ1) is 6.44. The van der Waals surface area contributed by atoms with Crippen LogP contribution in [0.4, 0.5) is 0 Å². The van der Waals surface area contributed by atoms with E-state index in [2.05, 4.69) is 0 Å². The normalized spacial score (nSPS) is 35.4. The summed E-state index contributed by atoms with van der Waals surface area (Å²) < 4.78 is 0. The summed E-state index contributed by atoms with van der Waals surface area (Å²) in [5.74, 6) is -1.36. The summed E-state index contributed by atoms with van der Waals surface area (Å²) in [5.41, 5.74) is -0.302. The first-order valence-electron chi connectivity index (χ1n) is 4.89. The Morgan fingerprint density at radius 2 is 1.13 bits per heavy atom. The van der Waals surface area contributed by atoms with Gasteiger partial charge in [0.05, 0.1) is 47.1 Å². The Labute approximate surface area is 101 Å². The zero-order valence-electron chi connectivity index (χ0n) is 9.57. The topological polar surface area (TPSA) is 3.24 Å². The van der Waals surface area contributed by atoms with E-state index >= 15 is 0 Å². The lowest BCUT2D eigenvalue weighted by molar-refractivity contribution is 0.137. The van der Waals surface area contributed by atoms with E-state index in [1.165, 1.54) is 0 Å². The van der Waals surface area contributed by atoms with Crippen molar-refractivity contribution in [2.24, 2.45) is 0 Å². The van der Waals surface area contributed by atoms with Crippen LogP contribution in [0.25, 0.3) is 0 Å². The summed E-state index contributed by atoms with van der Waals surface area (Å²) in [6.07, 6.45) is 0. The molecule has 1 aliphatic heterocycles. The molecular formula is C8H11B6N. The van der Waals surface area contributed by atoms with Crippen molar-refractivity contribution >= 4 is 47.1 Å². The molecule has 0 N–H and O–H groups in total. The van der Waals surface area contributed by atoms with E-state index in [0.29, 0.717) is 0 Å². The van der Waals surface area contributed by atoms with Crippen LogP contribution in [0.15, 0.2) is 0 Å². The molecule has 0 amide bonds.